The van der Waals surface area contributed by atoms with Crippen LogP contribution < -0.4 is 15.2 Å². The van der Waals surface area contributed by atoms with Crippen molar-refractivity contribution in [2.24, 2.45) is 11.7 Å². The summed E-state index contributed by atoms with van der Waals surface area (Å²) in [4.78, 5) is 14.8. The summed E-state index contributed by atoms with van der Waals surface area (Å²) in [6.45, 7) is 2.15. The van der Waals surface area contributed by atoms with Gasteiger partial charge >= 0.3 is 0 Å². The Morgan fingerprint density at radius 2 is 1.73 bits per heavy atom. The topological polar surface area (TPSA) is 64.8 Å². The number of hydrogen-bond donors (Lipinski definition) is 1. The number of carbonyl (C=O) groups excluding carboxylic acids is 1. The third kappa shape index (κ3) is 3.50. The van der Waals surface area contributed by atoms with Gasteiger partial charge in [-0.3, -0.25) is 4.79 Å². The summed E-state index contributed by atoms with van der Waals surface area (Å²) >= 11 is 0. The highest BCUT2D eigenvalue weighted by molar-refractivity contribution is 5.85. The van der Waals surface area contributed by atoms with Gasteiger partial charge in [-0.1, -0.05) is 42.5 Å². The number of nitrogens with zero attached hydrogens (tertiary/aromatic N) is 1. The zero-order valence-electron chi connectivity index (χ0n) is 14.4. The van der Waals surface area contributed by atoms with E-state index in [1.165, 1.54) is 5.56 Å². The number of ether oxygens (including phenoxy) is 2. The van der Waals surface area contributed by atoms with Gasteiger partial charge in [-0.2, -0.15) is 0 Å². The Bertz CT molecular complexity index is 756. The van der Waals surface area contributed by atoms with E-state index >= 15 is 0 Å². The van der Waals surface area contributed by atoms with E-state index in [9.17, 15) is 4.79 Å². The standard InChI is InChI=1S/C20H22N2O3.ClH/c21-10-15-11-22(12-16(15)14-6-2-1-3-7-14)20(23)19-13-24-17-8-4-5-9-18(17)25-19;/h1-9,15-16,19H,10-13,21H2;1H/t15-,16+,19?;/m1./s1. The molecule has 2 aromatic rings. The summed E-state index contributed by atoms with van der Waals surface area (Å²) in [5.74, 6) is 1.83. The number of carbonyl (C=O) groups is 1. The highest BCUT2D eigenvalue weighted by atomic mass is 35.5. The normalized spacial score (nSPS) is 24.0. The summed E-state index contributed by atoms with van der Waals surface area (Å²) in [7, 11) is 0. The molecule has 6 heteroatoms. The second kappa shape index (κ2) is 7.98. The Morgan fingerprint density at radius 1 is 1.04 bits per heavy atom. The number of halogens is 1. The minimum Gasteiger partial charge on any atom is -0.485 e. The van der Waals surface area contributed by atoms with E-state index < -0.39 is 6.10 Å². The van der Waals surface area contributed by atoms with Crippen LogP contribution in [0.25, 0.3) is 0 Å². The van der Waals surface area contributed by atoms with Crippen molar-refractivity contribution in [3.63, 3.8) is 0 Å². The van der Waals surface area contributed by atoms with E-state index in [2.05, 4.69) is 12.1 Å². The average Bonchev–Trinajstić information content (AvgIpc) is 3.12. The van der Waals surface area contributed by atoms with Crippen molar-refractivity contribution in [1.82, 2.24) is 4.90 Å². The van der Waals surface area contributed by atoms with Crippen molar-refractivity contribution in [2.45, 2.75) is 12.0 Å². The number of fused-ring (bicyclic) bond motifs is 1. The van der Waals surface area contributed by atoms with Gasteiger partial charge in [-0.15, -0.1) is 12.4 Å². The Kier molecular flexibility index (Phi) is 5.69. The lowest BCUT2D eigenvalue weighted by Crippen LogP contribution is -2.45. The van der Waals surface area contributed by atoms with Crippen molar-refractivity contribution >= 4 is 18.3 Å². The molecule has 4 rings (SSSR count). The molecule has 138 valence electrons. The number of hydrogen-bond acceptors (Lipinski definition) is 4. The number of likely N-dealkylation sites (tertiary alicyclic amines) is 1. The molecular weight excluding hydrogens is 352 g/mol. The quantitative estimate of drug-likeness (QED) is 0.896. The van der Waals surface area contributed by atoms with E-state index in [0.29, 0.717) is 31.1 Å². The fraction of sp³-hybridized carbons (Fsp3) is 0.350. The lowest BCUT2D eigenvalue weighted by molar-refractivity contribution is -0.140. The van der Waals surface area contributed by atoms with E-state index in [1.807, 2.05) is 47.4 Å². The van der Waals surface area contributed by atoms with Crippen LogP contribution >= 0.6 is 12.4 Å². The predicted molar refractivity (Wildman–Crippen MR) is 102 cm³/mol. The van der Waals surface area contributed by atoms with E-state index in [1.54, 1.807) is 0 Å². The molecule has 1 fully saturated rings. The Labute approximate surface area is 159 Å². The first-order valence-electron chi connectivity index (χ1n) is 8.68. The summed E-state index contributed by atoms with van der Waals surface area (Å²) in [6.07, 6.45) is -0.595. The zero-order valence-corrected chi connectivity index (χ0v) is 15.2. The lowest BCUT2D eigenvalue weighted by Gasteiger charge is -2.28. The van der Waals surface area contributed by atoms with Crippen LogP contribution in [0.2, 0.25) is 0 Å². The Balaban J connectivity index is 0.00000196. The largest absolute Gasteiger partial charge is 0.485 e. The molecule has 1 unspecified atom stereocenters. The molecule has 26 heavy (non-hydrogen) atoms. The molecule has 0 saturated carbocycles. The first-order valence-corrected chi connectivity index (χ1v) is 8.68. The molecule has 2 aliphatic heterocycles. The maximum absolute atomic E-state index is 12.9. The summed E-state index contributed by atoms with van der Waals surface area (Å²) in [6, 6.07) is 17.7. The van der Waals surface area contributed by atoms with Crippen LogP contribution in [0.3, 0.4) is 0 Å². The molecule has 1 saturated heterocycles. The molecule has 1 amide bonds. The third-order valence-corrected chi connectivity index (χ3v) is 5.07. The van der Waals surface area contributed by atoms with Gasteiger partial charge in [0.25, 0.3) is 5.91 Å². The van der Waals surface area contributed by atoms with Gasteiger partial charge < -0.3 is 20.1 Å². The minimum atomic E-state index is -0.595. The van der Waals surface area contributed by atoms with Crippen LogP contribution in [0.4, 0.5) is 0 Å². The fourth-order valence-electron chi connectivity index (χ4n) is 3.71. The highest BCUT2D eigenvalue weighted by Gasteiger charge is 2.39. The second-order valence-electron chi connectivity index (χ2n) is 6.62. The van der Waals surface area contributed by atoms with Crippen molar-refractivity contribution < 1.29 is 14.3 Å². The van der Waals surface area contributed by atoms with Crippen LogP contribution in [0, 0.1) is 5.92 Å². The van der Waals surface area contributed by atoms with Gasteiger partial charge in [-0.05, 0) is 30.2 Å². The molecule has 5 nitrogen and oxygen atoms in total. The first kappa shape index (κ1) is 18.5. The van der Waals surface area contributed by atoms with Crippen LogP contribution in [-0.2, 0) is 4.79 Å². The number of amides is 1. The molecule has 2 heterocycles. The lowest BCUT2D eigenvalue weighted by atomic mass is 9.89. The van der Waals surface area contributed by atoms with Crippen molar-refractivity contribution in [2.75, 3.05) is 26.2 Å². The number of benzene rings is 2. The van der Waals surface area contributed by atoms with Gasteiger partial charge in [-0.25, -0.2) is 0 Å². The predicted octanol–water partition coefficient (Wildman–Crippen LogP) is 2.45. The third-order valence-electron chi connectivity index (χ3n) is 5.07. The van der Waals surface area contributed by atoms with Crippen LogP contribution in [0.1, 0.15) is 11.5 Å². The molecule has 0 bridgehead atoms. The van der Waals surface area contributed by atoms with Crippen molar-refractivity contribution in [3.05, 3.63) is 60.2 Å². The summed E-state index contributed by atoms with van der Waals surface area (Å²) in [5, 5.41) is 0. The van der Waals surface area contributed by atoms with E-state index in [-0.39, 0.29) is 36.8 Å². The van der Waals surface area contributed by atoms with Crippen LogP contribution in [0.5, 0.6) is 11.5 Å². The molecule has 3 atom stereocenters. The fourth-order valence-corrected chi connectivity index (χ4v) is 3.71. The van der Waals surface area contributed by atoms with Gasteiger partial charge in [0, 0.05) is 19.0 Å². The maximum atomic E-state index is 12.9. The number of nitrogens with two attached hydrogens (primary N) is 1. The van der Waals surface area contributed by atoms with Gasteiger partial charge in [0.1, 0.15) is 6.61 Å². The van der Waals surface area contributed by atoms with Crippen LogP contribution in [-0.4, -0.2) is 43.2 Å². The highest BCUT2D eigenvalue weighted by Crippen LogP contribution is 2.35. The monoisotopic (exact) mass is 374 g/mol. The number of para-hydroxylation sites is 2. The smallest absolute Gasteiger partial charge is 0.267 e. The summed E-state index contributed by atoms with van der Waals surface area (Å²) < 4.78 is 11.6. The Morgan fingerprint density at radius 3 is 2.46 bits per heavy atom. The van der Waals surface area contributed by atoms with Crippen LogP contribution in [0.15, 0.2) is 54.6 Å². The molecule has 0 aromatic heterocycles. The van der Waals surface area contributed by atoms with E-state index in [0.717, 1.165) is 0 Å². The molecule has 0 radical (unpaired) electrons. The van der Waals surface area contributed by atoms with Gasteiger partial charge in [0.2, 0.25) is 6.10 Å². The van der Waals surface area contributed by atoms with Gasteiger partial charge in [0.15, 0.2) is 11.5 Å². The first-order chi connectivity index (χ1) is 12.3. The molecule has 2 N–H and O–H groups in total. The molecule has 0 aliphatic carbocycles. The molecule has 0 spiro atoms. The van der Waals surface area contributed by atoms with Crippen molar-refractivity contribution in [3.8, 4) is 11.5 Å². The second-order valence-corrected chi connectivity index (χ2v) is 6.62. The molecular formula is C20H23ClN2O3. The van der Waals surface area contributed by atoms with Crippen molar-refractivity contribution in [1.29, 1.82) is 0 Å². The minimum absolute atomic E-state index is 0. The maximum Gasteiger partial charge on any atom is 0.267 e. The van der Waals surface area contributed by atoms with Gasteiger partial charge in [0.05, 0.1) is 0 Å². The molecule has 2 aliphatic rings. The zero-order chi connectivity index (χ0) is 17.2. The number of rotatable bonds is 3. The average molecular weight is 375 g/mol. The SMILES string of the molecule is Cl.NC[C@@H]1CN(C(=O)C2COc3ccccc3O2)C[C@H]1c1ccccc1. The Hall–Kier alpha value is -2.24. The molecule has 2 aromatic carbocycles. The summed E-state index contributed by atoms with van der Waals surface area (Å²) in [5.41, 5.74) is 7.21. The van der Waals surface area contributed by atoms with E-state index in [4.69, 9.17) is 15.2 Å².